The number of carbonyl (C=O) groups is 3. The first-order valence-corrected chi connectivity index (χ1v) is 10.3. The van der Waals surface area contributed by atoms with Crippen molar-refractivity contribution in [3.63, 3.8) is 0 Å². The van der Waals surface area contributed by atoms with E-state index in [0.29, 0.717) is 19.4 Å². The highest BCUT2D eigenvalue weighted by molar-refractivity contribution is 5.91. The molecule has 0 bridgehead atoms. The number of aromatic nitrogens is 1. The van der Waals surface area contributed by atoms with Crippen molar-refractivity contribution in [3.8, 4) is 0 Å². The van der Waals surface area contributed by atoms with E-state index in [1.165, 1.54) is 25.7 Å². The molecule has 0 spiro atoms. The number of amides is 3. The third-order valence-corrected chi connectivity index (χ3v) is 4.47. The van der Waals surface area contributed by atoms with Crippen molar-refractivity contribution in [1.82, 2.24) is 15.6 Å². The molecule has 4 N–H and O–H groups in total. The predicted molar refractivity (Wildman–Crippen MR) is 109 cm³/mol. The second-order valence-corrected chi connectivity index (χ2v) is 7.02. The van der Waals surface area contributed by atoms with E-state index in [0.717, 1.165) is 25.0 Å². The molecule has 3 amide bonds. The number of hydrogen-bond donors (Lipinski definition) is 3. The zero-order chi connectivity index (χ0) is 20.6. The number of primary amides is 1. The minimum absolute atomic E-state index is 0.210. The Balaban J connectivity index is 2.32. The van der Waals surface area contributed by atoms with Crippen LogP contribution in [0.3, 0.4) is 0 Å². The minimum atomic E-state index is -0.932. The van der Waals surface area contributed by atoms with Crippen LogP contribution in [0.4, 0.5) is 0 Å². The molecule has 1 heterocycles. The Bertz CT molecular complexity index is 593. The van der Waals surface area contributed by atoms with Crippen molar-refractivity contribution in [3.05, 3.63) is 30.1 Å². The monoisotopic (exact) mass is 390 g/mol. The molecule has 0 aliphatic heterocycles. The van der Waals surface area contributed by atoms with Crippen LogP contribution in [0.15, 0.2) is 24.4 Å². The van der Waals surface area contributed by atoms with Gasteiger partial charge in [-0.05, 0) is 18.6 Å². The topological polar surface area (TPSA) is 114 Å². The highest BCUT2D eigenvalue weighted by Crippen LogP contribution is 2.08. The van der Waals surface area contributed by atoms with Crippen molar-refractivity contribution in [2.45, 2.75) is 77.2 Å². The van der Waals surface area contributed by atoms with Gasteiger partial charge in [-0.3, -0.25) is 19.4 Å². The van der Waals surface area contributed by atoms with E-state index < -0.39 is 17.9 Å². The molecule has 0 aliphatic carbocycles. The lowest BCUT2D eigenvalue weighted by molar-refractivity contribution is -0.131. The maximum absolute atomic E-state index is 12.3. The van der Waals surface area contributed by atoms with Gasteiger partial charge in [0.1, 0.15) is 6.04 Å². The van der Waals surface area contributed by atoms with Gasteiger partial charge in [-0.1, -0.05) is 51.5 Å². The van der Waals surface area contributed by atoms with E-state index in [1.54, 1.807) is 6.20 Å². The molecule has 1 rings (SSSR count). The van der Waals surface area contributed by atoms with Crippen LogP contribution in [0.5, 0.6) is 0 Å². The molecule has 7 heteroatoms. The van der Waals surface area contributed by atoms with E-state index in [2.05, 4.69) is 22.5 Å². The average Bonchev–Trinajstić information content (AvgIpc) is 2.67. The number of pyridine rings is 1. The fourth-order valence-corrected chi connectivity index (χ4v) is 2.90. The molecule has 0 saturated carbocycles. The fourth-order valence-electron chi connectivity index (χ4n) is 2.90. The predicted octanol–water partition coefficient (Wildman–Crippen LogP) is 2.24. The van der Waals surface area contributed by atoms with Crippen molar-refractivity contribution in [2.24, 2.45) is 5.73 Å². The summed E-state index contributed by atoms with van der Waals surface area (Å²) in [4.78, 5) is 39.9. The summed E-state index contributed by atoms with van der Waals surface area (Å²) in [5, 5.41) is 5.38. The van der Waals surface area contributed by atoms with Crippen LogP contribution in [0, 0.1) is 0 Å². The molecule has 0 aromatic carbocycles. The van der Waals surface area contributed by atoms with Gasteiger partial charge in [0, 0.05) is 31.3 Å². The molecule has 7 nitrogen and oxygen atoms in total. The van der Waals surface area contributed by atoms with E-state index >= 15 is 0 Å². The molecule has 1 aromatic rings. The first-order chi connectivity index (χ1) is 13.5. The summed E-state index contributed by atoms with van der Waals surface area (Å²) >= 11 is 0. The lowest BCUT2D eigenvalue weighted by atomic mass is 10.1. The summed E-state index contributed by atoms with van der Waals surface area (Å²) in [6.45, 7) is 2.56. The van der Waals surface area contributed by atoms with Gasteiger partial charge in [0.25, 0.3) is 0 Å². The number of nitrogens with two attached hydrogens (primary N) is 1. The van der Waals surface area contributed by atoms with E-state index in [1.807, 2.05) is 18.2 Å². The van der Waals surface area contributed by atoms with Crippen LogP contribution < -0.4 is 16.4 Å². The number of nitrogens with zero attached hydrogens (tertiary/aromatic N) is 1. The molecule has 28 heavy (non-hydrogen) atoms. The van der Waals surface area contributed by atoms with E-state index in [9.17, 15) is 14.4 Å². The van der Waals surface area contributed by atoms with Crippen molar-refractivity contribution in [2.75, 3.05) is 6.54 Å². The first-order valence-electron chi connectivity index (χ1n) is 10.3. The second kappa shape index (κ2) is 14.6. The fraction of sp³-hybridized carbons (Fsp3) is 0.619. The van der Waals surface area contributed by atoms with Gasteiger partial charge in [0.2, 0.25) is 17.7 Å². The van der Waals surface area contributed by atoms with Crippen molar-refractivity contribution >= 4 is 17.7 Å². The van der Waals surface area contributed by atoms with Gasteiger partial charge in [-0.2, -0.15) is 0 Å². The number of carbonyl (C=O) groups excluding carboxylic acids is 3. The maximum atomic E-state index is 12.3. The van der Waals surface area contributed by atoms with Crippen LogP contribution >= 0.6 is 0 Å². The molecule has 0 aliphatic rings. The summed E-state index contributed by atoms with van der Waals surface area (Å²) in [5.41, 5.74) is 6.08. The average molecular weight is 391 g/mol. The Hall–Kier alpha value is -2.44. The Morgan fingerprint density at radius 1 is 1.07 bits per heavy atom. The van der Waals surface area contributed by atoms with Crippen LogP contribution in [-0.2, 0) is 20.8 Å². The number of hydrogen-bond acceptors (Lipinski definition) is 4. The normalized spacial score (nSPS) is 11.6. The largest absolute Gasteiger partial charge is 0.370 e. The standard InChI is InChI=1S/C21H34N4O3/c1-2-3-4-5-6-7-8-12-20(27)25-18(16-19(22)26)21(28)24-15-13-17-11-9-10-14-23-17/h9-11,14,18H,2-8,12-13,15-16H2,1H3,(H2,22,26)(H,24,28)(H,25,27). The van der Waals surface area contributed by atoms with Crippen LogP contribution in [-0.4, -0.2) is 35.3 Å². The van der Waals surface area contributed by atoms with Gasteiger partial charge >= 0.3 is 0 Å². The third-order valence-electron chi connectivity index (χ3n) is 4.47. The smallest absolute Gasteiger partial charge is 0.243 e. The maximum Gasteiger partial charge on any atom is 0.243 e. The highest BCUT2D eigenvalue weighted by Gasteiger charge is 2.22. The Kier molecular flexibility index (Phi) is 12.3. The lowest BCUT2D eigenvalue weighted by Crippen LogP contribution is -2.49. The first kappa shape index (κ1) is 23.6. The Morgan fingerprint density at radius 3 is 2.43 bits per heavy atom. The summed E-state index contributed by atoms with van der Waals surface area (Å²) in [6, 6.07) is 4.64. The molecule has 0 radical (unpaired) electrons. The number of rotatable bonds is 15. The van der Waals surface area contributed by atoms with E-state index in [4.69, 9.17) is 5.73 Å². The van der Waals surface area contributed by atoms with Crippen molar-refractivity contribution in [1.29, 1.82) is 0 Å². The molecular weight excluding hydrogens is 356 g/mol. The minimum Gasteiger partial charge on any atom is -0.370 e. The van der Waals surface area contributed by atoms with Crippen molar-refractivity contribution < 1.29 is 14.4 Å². The van der Waals surface area contributed by atoms with Gasteiger partial charge in [0.05, 0.1) is 6.42 Å². The Morgan fingerprint density at radius 2 is 1.79 bits per heavy atom. The molecule has 1 aromatic heterocycles. The number of unbranched alkanes of at least 4 members (excludes halogenated alkanes) is 6. The molecule has 1 unspecified atom stereocenters. The van der Waals surface area contributed by atoms with Gasteiger partial charge in [0.15, 0.2) is 0 Å². The summed E-state index contributed by atoms with van der Waals surface area (Å²) < 4.78 is 0. The zero-order valence-corrected chi connectivity index (χ0v) is 16.9. The summed E-state index contributed by atoms with van der Waals surface area (Å²) in [5.74, 6) is -1.25. The van der Waals surface area contributed by atoms with Gasteiger partial charge in [-0.25, -0.2) is 0 Å². The van der Waals surface area contributed by atoms with Crippen LogP contribution in [0.1, 0.15) is 70.4 Å². The highest BCUT2D eigenvalue weighted by atomic mass is 16.2. The van der Waals surface area contributed by atoms with Gasteiger partial charge in [-0.15, -0.1) is 0 Å². The van der Waals surface area contributed by atoms with E-state index in [-0.39, 0.29) is 12.3 Å². The summed E-state index contributed by atoms with van der Waals surface area (Å²) in [6.07, 6.45) is 10.2. The third kappa shape index (κ3) is 11.3. The molecular formula is C21H34N4O3. The second-order valence-electron chi connectivity index (χ2n) is 7.02. The van der Waals surface area contributed by atoms with Crippen LogP contribution in [0.25, 0.3) is 0 Å². The lowest BCUT2D eigenvalue weighted by Gasteiger charge is -2.17. The van der Waals surface area contributed by atoms with Crippen LogP contribution in [0.2, 0.25) is 0 Å². The molecule has 156 valence electrons. The molecule has 0 saturated heterocycles. The Labute approximate surface area is 167 Å². The quantitative estimate of drug-likeness (QED) is 0.398. The molecule has 1 atom stereocenters. The number of nitrogens with one attached hydrogen (secondary N) is 2. The zero-order valence-electron chi connectivity index (χ0n) is 16.9. The molecule has 0 fully saturated rings. The van der Waals surface area contributed by atoms with Gasteiger partial charge < -0.3 is 16.4 Å². The summed E-state index contributed by atoms with van der Waals surface area (Å²) in [7, 11) is 0. The SMILES string of the molecule is CCCCCCCCCC(=O)NC(CC(N)=O)C(=O)NCCc1ccccn1.